The molecule has 1 N–H and O–H groups in total. The first kappa shape index (κ1) is 15.8. The van der Waals surface area contributed by atoms with Crippen molar-refractivity contribution in [2.75, 3.05) is 18.0 Å². The van der Waals surface area contributed by atoms with E-state index in [2.05, 4.69) is 23.7 Å². The van der Waals surface area contributed by atoms with Gasteiger partial charge in [0.25, 0.3) is 0 Å². The number of aromatic carboxylic acids is 1. The Morgan fingerprint density at radius 1 is 1.29 bits per heavy atom. The number of nitrogens with zero attached hydrogens (tertiary/aromatic N) is 2. The Labute approximate surface area is 127 Å². The number of rotatable bonds is 4. The van der Waals surface area contributed by atoms with Crippen LogP contribution >= 0.6 is 0 Å². The normalized spacial score (nSPS) is 17.8. The van der Waals surface area contributed by atoms with E-state index in [0.29, 0.717) is 16.8 Å². The molecule has 2 rings (SSSR count). The van der Waals surface area contributed by atoms with Crippen LogP contribution in [0.1, 0.15) is 61.1 Å². The van der Waals surface area contributed by atoms with E-state index in [9.17, 15) is 9.90 Å². The number of piperidine rings is 1. The average Bonchev–Trinajstić information content (AvgIpc) is 2.46. The summed E-state index contributed by atoms with van der Waals surface area (Å²) < 4.78 is 0. The Bertz CT molecular complexity index is 526. The van der Waals surface area contributed by atoms with Crippen LogP contribution in [0.5, 0.6) is 0 Å². The lowest BCUT2D eigenvalue weighted by Crippen LogP contribution is -2.40. The number of carbonyl (C=O) groups is 1. The number of hydrogen-bond acceptors (Lipinski definition) is 3. The van der Waals surface area contributed by atoms with Crippen LogP contribution in [0.4, 0.5) is 5.82 Å². The third kappa shape index (κ3) is 3.04. The zero-order valence-electron chi connectivity index (χ0n) is 13.6. The summed E-state index contributed by atoms with van der Waals surface area (Å²) in [6, 6.07) is 1.85. The number of carboxylic acid groups (broad SMARTS) is 1. The third-order valence-electron chi connectivity index (χ3n) is 5.16. The highest BCUT2D eigenvalue weighted by molar-refractivity contribution is 5.95. The van der Waals surface area contributed by atoms with Crippen LogP contribution in [0.2, 0.25) is 0 Å². The molecule has 1 fully saturated rings. The second-order valence-electron chi connectivity index (χ2n) is 6.28. The van der Waals surface area contributed by atoms with E-state index in [0.717, 1.165) is 37.2 Å². The molecular weight excluding hydrogens is 264 g/mol. The topological polar surface area (TPSA) is 53.4 Å². The van der Waals surface area contributed by atoms with Crippen molar-refractivity contribution in [1.29, 1.82) is 0 Å². The minimum atomic E-state index is -0.877. The van der Waals surface area contributed by atoms with Gasteiger partial charge < -0.3 is 10.0 Å². The number of pyridine rings is 1. The van der Waals surface area contributed by atoms with Crippen molar-refractivity contribution in [3.05, 3.63) is 22.9 Å². The first-order valence-corrected chi connectivity index (χ1v) is 7.89. The Morgan fingerprint density at radius 3 is 2.33 bits per heavy atom. The molecular formula is C17H26N2O2. The van der Waals surface area contributed by atoms with Gasteiger partial charge in [-0.1, -0.05) is 26.7 Å². The monoisotopic (exact) mass is 290 g/mol. The predicted octanol–water partition coefficient (Wildman–Crippen LogP) is 3.80. The van der Waals surface area contributed by atoms with Gasteiger partial charge in [0, 0.05) is 18.8 Å². The van der Waals surface area contributed by atoms with Gasteiger partial charge in [-0.15, -0.1) is 0 Å². The molecule has 0 saturated carbocycles. The summed E-state index contributed by atoms with van der Waals surface area (Å²) >= 11 is 0. The van der Waals surface area contributed by atoms with Crippen molar-refractivity contribution >= 4 is 11.8 Å². The van der Waals surface area contributed by atoms with Crippen molar-refractivity contribution in [1.82, 2.24) is 4.98 Å². The SMILES string of the molecule is CCC1(CC)CCN(c2nc(C)cc(C)c2C(=O)O)CC1. The quantitative estimate of drug-likeness (QED) is 0.916. The van der Waals surface area contributed by atoms with Crippen LogP contribution in [0.15, 0.2) is 6.07 Å². The van der Waals surface area contributed by atoms with Gasteiger partial charge in [-0.2, -0.15) is 0 Å². The van der Waals surface area contributed by atoms with Crippen molar-refractivity contribution in [3.63, 3.8) is 0 Å². The van der Waals surface area contributed by atoms with E-state index in [4.69, 9.17) is 0 Å². The highest BCUT2D eigenvalue weighted by Crippen LogP contribution is 2.39. The lowest BCUT2D eigenvalue weighted by molar-refractivity contribution is 0.0696. The summed E-state index contributed by atoms with van der Waals surface area (Å²) in [4.78, 5) is 18.3. The molecule has 0 atom stereocenters. The molecule has 0 bridgehead atoms. The minimum absolute atomic E-state index is 0.362. The zero-order chi connectivity index (χ0) is 15.6. The Morgan fingerprint density at radius 2 is 1.86 bits per heavy atom. The van der Waals surface area contributed by atoms with E-state index in [1.54, 1.807) is 0 Å². The predicted molar refractivity (Wildman–Crippen MR) is 85.1 cm³/mol. The molecule has 0 spiro atoms. The molecule has 4 heteroatoms. The first-order valence-electron chi connectivity index (χ1n) is 7.89. The van der Waals surface area contributed by atoms with Gasteiger partial charge in [0.1, 0.15) is 11.4 Å². The van der Waals surface area contributed by atoms with Crippen LogP contribution in [0, 0.1) is 19.3 Å². The number of hydrogen-bond donors (Lipinski definition) is 1. The summed E-state index contributed by atoms with van der Waals surface area (Å²) in [7, 11) is 0. The molecule has 4 nitrogen and oxygen atoms in total. The molecule has 21 heavy (non-hydrogen) atoms. The summed E-state index contributed by atoms with van der Waals surface area (Å²) in [6.45, 7) is 10.1. The molecule has 0 aliphatic carbocycles. The fourth-order valence-electron chi connectivity index (χ4n) is 3.46. The van der Waals surface area contributed by atoms with E-state index < -0.39 is 5.97 Å². The van der Waals surface area contributed by atoms with Gasteiger partial charge in [0.15, 0.2) is 0 Å². The van der Waals surface area contributed by atoms with Crippen molar-refractivity contribution in [2.45, 2.75) is 53.4 Å². The molecule has 1 aromatic heterocycles. The van der Waals surface area contributed by atoms with Crippen LogP contribution in [-0.4, -0.2) is 29.1 Å². The van der Waals surface area contributed by atoms with Crippen molar-refractivity contribution in [3.8, 4) is 0 Å². The number of anilines is 1. The summed E-state index contributed by atoms with van der Waals surface area (Å²) in [5, 5.41) is 9.50. The Balaban J connectivity index is 2.30. The number of carboxylic acids is 1. The van der Waals surface area contributed by atoms with Gasteiger partial charge >= 0.3 is 5.97 Å². The van der Waals surface area contributed by atoms with E-state index in [1.807, 2.05) is 19.9 Å². The van der Waals surface area contributed by atoms with E-state index in [-0.39, 0.29) is 0 Å². The fourth-order valence-corrected chi connectivity index (χ4v) is 3.46. The molecule has 1 aliphatic heterocycles. The minimum Gasteiger partial charge on any atom is -0.478 e. The van der Waals surface area contributed by atoms with Crippen molar-refractivity contribution in [2.24, 2.45) is 5.41 Å². The van der Waals surface area contributed by atoms with Gasteiger partial charge in [-0.05, 0) is 43.7 Å². The highest BCUT2D eigenvalue weighted by Gasteiger charge is 2.33. The maximum atomic E-state index is 11.6. The second kappa shape index (κ2) is 6.04. The van der Waals surface area contributed by atoms with E-state index in [1.165, 1.54) is 12.8 Å². The standard InChI is InChI=1S/C17H26N2O2/c1-5-17(6-2)7-9-19(10-8-17)15-14(16(20)21)12(3)11-13(4)18-15/h11H,5-10H2,1-4H3,(H,20,21). The van der Waals surface area contributed by atoms with Crippen LogP contribution in [0.25, 0.3) is 0 Å². The van der Waals surface area contributed by atoms with E-state index >= 15 is 0 Å². The van der Waals surface area contributed by atoms with Crippen molar-refractivity contribution < 1.29 is 9.90 Å². The molecule has 116 valence electrons. The van der Waals surface area contributed by atoms with Gasteiger partial charge in [0.2, 0.25) is 0 Å². The smallest absolute Gasteiger partial charge is 0.339 e. The molecule has 0 radical (unpaired) electrons. The highest BCUT2D eigenvalue weighted by atomic mass is 16.4. The molecule has 2 heterocycles. The van der Waals surface area contributed by atoms with Gasteiger partial charge in [-0.25, -0.2) is 9.78 Å². The number of aryl methyl sites for hydroxylation is 2. The molecule has 0 aromatic carbocycles. The second-order valence-corrected chi connectivity index (χ2v) is 6.28. The van der Waals surface area contributed by atoms with Crippen LogP contribution in [-0.2, 0) is 0 Å². The fraction of sp³-hybridized carbons (Fsp3) is 0.647. The average molecular weight is 290 g/mol. The summed E-state index contributed by atoms with van der Waals surface area (Å²) in [5.74, 6) is -0.223. The number of aromatic nitrogens is 1. The van der Waals surface area contributed by atoms with Gasteiger partial charge in [0.05, 0.1) is 0 Å². The Kier molecular flexibility index (Phi) is 4.55. The zero-order valence-corrected chi connectivity index (χ0v) is 13.6. The molecule has 1 aliphatic rings. The first-order chi connectivity index (χ1) is 9.92. The van der Waals surface area contributed by atoms with Gasteiger partial charge in [-0.3, -0.25) is 0 Å². The Hall–Kier alpha value is -1.58. The summed E-state index contributed by atoms with van der Waals surface area (Å²) in [6.07, 6.45) is 4.63. The largest absolute Gasteiger partial charge is 0.478 e. The third-order valence-corrected chi connectivity index (χ3v) is 5.16. The maximum absolute atomic E-state index is 11.6. The summed E-state index contributed by atoms with van der Waals surface area (Å²) in [5.41, 5.74) is 2.47. The van der Waals surface area contributed by atoms with Crippen LogP contribution < -0.4 is 4.90 Å². The molecule has 1 aromatic rings. The maximum Gasteiger partial charge on any atom is 0.339 e. The molecule has 1 saturated heterocycles. The molecule has 0 unspecified atom stereocenters. The lowest BCUT2D eigenvalue weighted by Gasteiger charge is -2.42. The lowest BCUT2D eigenvalue weighted by atomic mass is 9.74. The molecule has 0 amide bonds. The van der Waals surface area contributed by atoms with Crippen LogP contribution in [0.3, 0.4) is 0 Å².